The van der Waals surface area contributed by atoms with Crippen LogP contribution in [0.1, 0.15) is 34.7 Å². The third kappa shape index (κ3) is 5.17. The molecule has 5 aromatic rings. The fourth-order valence-electron chi connectivity index (χ4n) is 5.62. The fourth-order valence-corrected chi connectivity index (χ4v) is 5.97. The molecule has 212 valence electrons. The van der Waals surface area contributed by atoms with E-state index in [-0.39, 0.29) is 12.1 Å². The normalized spacial score (nSPS) is 16.3. The van der Waals surface area contributed by atoms with Gasteiger partial charge in [-0.05, 0) is 123 Å². The highest BCUT2D eigenvalue weighted by molar-refractivity contribution is 7.80. The zero-order chi connectivity index (χ0) is 29.2. The second kappa shape index (κ2) is 11.6. The van der Waals surface area contributed by atoms with Crippen LogP contribution in [0.3, 0.4) is 0 Å². The Morgan fingerprint density at radius 3 is 1.90 bits per heavy atom. The number of hydrogen-bond donors (Lipinski definition) is 1. The van der Waals surface area contributed by atoms with Gasteiger partial charge in [0.2, 0.25) is 0 Å². The summed E-state index contributed by atoms with van der Waals surface area (Å²) in [6.45, 7) is 4.29. The van der Waals surface area contributed by atoms with Gasteiger partial charge < -0.3 is 29.0 Å². The first kappa shape index (κ1) is 27.4. The van der Waals surface area contributed by atoms with Gasteiger partial charge in [0.05, 0.1) is 32.0 Å². The molecule has 0 saturated carbocycles. The average molecular weight is 577 g/mol. The van der Waals surface area contributed by atoms with Crippen molar-refractivity contribution in [3.63, 3.8) is 0 Å². The summed E-state index contributed by atoms with van der Waals surface area (Å²) in [5.74, 6) is 3.08. The Labute approximate surface area is 251 Å². The van der Waals surface area contributed by atoms with Crippen molar-refractivity contribution in [3.05, 3.63) is 126 Å². The minimum atomic E-state index is -0.140. The second-order valence-corrected chi connectivity index (χ2v) is 10.5. The molecule has 0 spiro atoms. The molecule has 0 amide bonds. The van der Waals surface area contributed by atoms with Crippen LogP contribution in [-0.2, 0) is 0 Å². The van der Waals surface area contributed by atoms with Crippen molar-refractivity contribution in [2.45, 2.75) is 25.9 Å². The van der Waals surface area contributed by atoms with Gasteiger partial charge in [-0.3, -0.25) is 4.98 Å². The minimum absolute atomic E-state index is 0.126. The van der Waals surface area contributed by atoms with Crippen LogP contribution < -0.4 is 24.4 Å². The maximum absolute atomic E-state index is 6.08. The summed E-state index contributed by atoms with van der Waals surface area (Å²) < 4.78 is 19.0. The molecule has 3 aromatic carbocycles. The summed E-state index contributed by atoms with van der Waals surface area (Å²) in [6, 6.07) is 31.7. The number of nitrogens with one attached hydrogen (secondary N) is 1. The number of benzene rings is 3. The predicted molar refractivity (Wildman–Crippen MR) is 169 cm³/mol. The molecule has 1 aliphatic rings. The van der Waals surface area contributed by atoms with E-state index in [2.05, 4.69) is 46.8 Å². The highest BCUT2D eigenvalue weighted by atomic mass is 32.1. The number of rotatable bonds is 8. The highest BCUT2D eigenvalue weighted by Crippen LogP contribution is 2.44. The van der Waals surface area contributed by atoms with Gasteiger partial charge >= 0.3 is 0 Å². The van der Waals surface area contributed by atoms with Gasteiger partial charge in [0.25, 0.3) is 0 Å². The number of anilines is 1. The molecule has 3 heterocycles. The van der Waals surface area contributed by atoms with Crippen LogP contribution in [-0.4, -0.2) is 28.9 Å². The van der Waals surface area contributed by atoms with Gasteiger partial charge in [-0.25, -0.2) is 0 Å². The molecule has 7 nitrogen and oxygen atoms in total. The van der Waals surface area contributed by atoms with E-state index in [9.17, 15) is 0 Å². The Morgan fingerprint density at radius 1 is 0.738 bits per heavy atom. The molecule has 1 N–H and O–H groups in total. The molecule has 0 bridgehead atoms. The van der Waals surface area contributed by atoms with E-state index < -0.39 is 0 Å². The molecule has 1 fully saturated rings. The van der Waals surface area contributed by atoms with Crippen LogP contribution in [0.25, 0.3) is 5.69 Å². The van der Waals surface area contributed by atoms with Gasteiger partial charge in [-0.2, -0.15) is 0 Å². The lowest BCUT2D eigenvalue weighted by atomic mass is 9.96. The third-order valence-electron chi connectivity index (χ3n) is 7.63. The average Bonchev–Trinajstić information content (AvgIpc) is 3.52. The number of methoxy groups -OCH3 is 2. The fraction of sp³-hybridized carbons (Fsp3) is 0.176. The lowest BCUT2D eigenvalue weighted by Gasteiger charge is -2.28. The number of pyridine rings is 1. The quantitative estimate of drug-likeness (QED) is 0.192. The van der Waals surface area contributed by atoms with Gasteiger partial charge in [-0.1, -0.05) is 6.07 Å². The number of aryl methyl sites for hydroxylation is 1. The van der Waals surface area contributed by atoms with Crippen LogP contribution in [0.2, 0.25) is 0 Å². The maximum Gasteiger partial charge on any atom is 0.174 e. The Balaban J connectivity index is 1.37. The van der Waals surface area contributed by atoms with E-state index in [0.717, 1.165) is 51.5 Å². The molecule has 0 unspecified atom stereocenters. The second-order valence-electron chi connectivity index (χ2n) is 10.1. The summed E-state index contributed by atoms with van der Waals surface area (Å²) in [4.78, 5) is 6.90. The van der Waals surface area contributed by atoms with E-state index in [1.807, 2.05) is 85.1 Å². The molecular formula is C34H32N4O3S. The van der Waals surface area contributed by atoms with Crippen molar-refractivity contribution in [1.29, 1.82) is 0 Å². The van der Waals surface area contributed by atoms with Crippen molar-refractivity contribution >= 4 is 23.0 Å². The van der Waals surface area contributed by atoms with Gasteiger partial charge in [0.1, 0.15) is 23.0 Å². The highest BCUT2D eigenvalue weighted by Gasteiger charge is 2.42. The van der Waals surface area contributed by atoms with E-state index >= 15 is 0 Å². The summed E-state index contributed by atoms with van der Waals surface area (Å²) in [5.41, 5.74) is 6.41. The number of thiocarbonyl (C=S) groups is 1. The molecule has 8 heteroatoms. The summed E-state index contributed by atoms with van der Waals surface area (Å²) >= 11 is 5.97. The van der Waals surface area contributed by atoms with Crippen LogP contribution >= 0.6 is 12.2 Å². The van der Waals surface area contributed by atoms with E-state index in [1.54, 1.807) is 14.2 Å². The Kier molecular flexibility index (Phi) is 7.54. The smallest absolute Gasteiger partial charge is 0.174 e. The van der Waals surface area contributed by atoms with Crippen LogP contribution in [0, 0.1) is 13.8 Å². The molecule has 1 saturated heterocycles. The van der Waals surface area contributed by atoms with Crippen LogP contribution in [0.5, 0.6) is 23.0 Å². The lowest BCUT2D eigenvalue weighted by molar-refractivity contribution is 0.413. The van der Waals surface area contributed by atoms with E-state index in [4.69, 9.17) is 31.4 Å². The first-order valence-corrected chi connectivity index (χ1v) is 14.1. The van der Waals surface area contributed by atoms with Crippen molar-refractivity contribution in [1.82, 2.24) is 14.9 Å². The summed E-state index contributed by atoms with van der Waals surface area (Å²) in [6.07, 6.45) is 1.83. The Morgan fingerprint density at radius 2 is 1.31 bits per heavy atom. The topological polar surface area (TPSA) is 60.8 Å². The Hall–Kier alpha value is -4.82. The molecule has 2 atom stereocenters. The molecule has 42 heavy (non-hydrogen) atoms. The number of ether oxygens (including phenoxy) is 3. The molecule has 0 aliphatic carbocycles. The number of hydrogen-bond acceptors (Lipinski definition) is 5. The first-order chi connectivity index (χ1) is 20.5. The van der Waals surface area contributed by atoms with Gasteiger partial charge in [0, 0.05) is 29.0 Å². The molecule has 0 radical (unpaired) electrons. The van der Waals surface area contributed by atoms with Gasteiger partial charge in [0.15, 0.2) is 5.11 Å². The summed E-state index contributed by atoms with van der Waals surface area (Å²) in [5, 5.41) is 4.22. The number of aromatic nitrogens is 2. The zero-order valence-electron chi connectivity index (χ0n) is 23.9. The number of nitrogens with zero attached hydrogens (tertiary/aromatic N) is 3. The lowest BCUT2D eigenvalue weighted by Crippen LogP contribution is -2.29. The van der Waals surface area contributed by atoms with E-state index in [0.29, 0.717) is 5.11 Å². The Bertz CT molecular complexity index is 1680. The van der Waals surface area contributed by atoms with Crippen molar-refractivity contribution < 1.29 is 14.2 Å². The standard InChI is InChI=1S/C34H32N4O3S/c1-22-21-30(23(2)37(22)24-8-12-26(39-3)13-9-24)33-32(31-7-5-6-20-35-31)36-34(42)38(33)25-10-14-28(15-11-25)41-29-18-16-27(40-4)17-19-29/h5-21,32-33H,1-4H3,(H,36,42)/t32-,33-/m1/s1. The summed E-state index contributed by atoms with van der Waals surface area (Å²) in [7, 11) is 3.33. The molecule has 2 aromatic heterocycles. The maximum atomic E-state index is 6.08. The van der Waals surface area contributed by atoms with Crippen molar-refractivity contribution in [2.75, 3.05) is 19.1 Å². The molecular weight excluding hydrogens is 544 g/mol. The molecule has 6 rings (SSSR count). The van der Waals surface area contributed by atoms with Crippen LogP contribution in [0.15, 0.2) is 103 Å². The van der Waals surface area contributed by atoms with E-state index in [1.165, 1.54) is 5.56 Å². The minimum Gasteiger partial charge on any atom is -0.497 e. The van der Waals surface area contributed by atoms with Gasteiger partial charge in [-0.15, -0.1) is 0 Å². The zero-order valence-corrected chi connectivity index (χ0v) is 24.8. The molecule has 1 aliphatic heterocycles. The third-order valence-corrected chi connectivity index (χ3v) is 7.94. The van der Waals surface area contributed by atoms with Crippen LogP contribution in [0.4, 0.5) is 5.69 Å². The first-order valence-electron chi connectivity index (χ1n) is 13.7. The van der Waals surface area contributed by atoms with Crippen molar-refractivity contribution in [2.24, 2.45) is 0 Å². The largest absolute Gasteiger partial charge is 0.497 e. The SMILES string of the molecule is COc1ccc(Oc2ccc(N3C(=S)N[C@H](c4ccccn4)[C@H]3c3cc(C)n(-c4ccc(OC)cc4)c3C)cc2)cc1. The monoisotopic (exact) mass is 576 g/mol. The predicted octanol–water partition coefficient (Wildman–Crippen LogP) is 7.48. The van der Waals surface area contributed by atoms with Crippen molar-refractivity contribution in [3.8, 4) is 28.7 Å².